The lowest BCUT2D eigenvalue weighted by atomic mass is 10.2. The van der Waals surface area contributed by atoms with Crippen molar-refractivity contribution in [2.45, 2.75) is 13.2 Å². The number of halogens is 1. The molecule has 1 N–H and O–H groups in total. The number of ether oxygens (including phenoxy) is 1. The predicted octanol–water partition coefficient (Wildman–Crippen LogP) is 3.24. The van der Waals surface area contributed by atoms with Crippen molar-refractivity contribution in [2.75, 3.05) is 13.2 Å². The van der Waals surface area contributed by atoms with Crippen LogP contribution in [-0.2, 0) is 17.9 Å². The molecule has 1 aromatic heterocycles. The first-order valence-corrected chi connectivity index (χ1v) is 6.27. The third-order valence-electron chi connectivity index (χ3n) is 2.55. The van der Waals surface area contributed by atoms with Crippen LogP contribution in [0.2, 0.25) is 5.02 Å². The Bertz CT molecular complexity index is 457. The van der Waals surface area contributed by atoms with Crippen LogP contribution >= 0.6 is 11.6 Å². The van der Waals surface area contributed by atoms with E-state index in [1.54, 1.807) is 12.5 Å². The van der Waals surface area contributed by atoms with Crippen molar-refractivity contribution in [1.82, 2.24) is 5.32 Å². The van der Waals surface area contributed by atoms with Crippen molar-refractivity contribution in [1.29, 1.82) is 0 Å². The van der Waals surface area contributed by atoms with Gasteiger partial charge in [0.25, 0.3) is 0 Å². The van der Waals surface area contributed by atoms with Gasteiger partial charge in [-0.15, -0.1) is 0 Å². The summed E-state index contributed by atoms with van der Waals surface area (Å²) in [6.45, 7) is 2.80. The van der Waals surface area contributed by atoms with E-state index in [4.69, 9.17) is 20.8 Å². The molecule has 1 heterocycles. The van der Waals surface area contributed by atoms with Crippen molar-refractivity contribution < 1.29 is 9.15 Å². The van der Waals surface area contributed by atoms with Gasteiger partial charge in [-0.1, -0.05) is 29.8 Å². The van der Waals surface area contributed by atoms with Crippen LogP contribution in [0.4, 0.5) is 0 Å². The Morgan fingerprint density at radius 3 is 2.89 bits per heavy atom. The Morgan fingerprint density at radius 2 is 2.11 bits per heavy atom. The average Bonchev–Trinajstić information content (AvgIpc) is 2.89. The molecule has 2 aromatic rings. The molecule has 0 fully saturated rings. The van der Waals surface area contributed by atoms with Crippen LogP contribution in [0.5, 0.6) is 0 Å². The third kappa shape index (κ3) is 4.18. The fourth-order valence-corrected chi connectivity index (χ4v) is 1.76. The van der Waals surface area contributed by atoms with E-state index in [1.165, 1.54) is 0 Å². The molecular weight excluding hydrogens is 250 g/mol. The number of hydrogen-bond donors (Lipinski definition) is 1. The van der Waals surface area contributed by atoms with Gasteiger partial charge in [-0.25, -0.2) is 0 Å². The molecule has 2 rings (SSSR count). The van der Waals surface area contributed by atoms with Gasteiger partial charge >= 0.3 is 0 Å². The molecule has 0 saturated heterocycles. The first-order chi connectivity index (χ1) is 8.86. The molecule has 0 bridgehead atoms. The van der Waals surface area contributed by atoms with Gasteiger partial charge < -0.3 is 14.5 Å². The van der Waals surface area contributed by atoms with Crippen LogP contribution in [-0.4, -0.2) is 13.2 Å². The second-order valence-electron chi connectivity index (χ2n) is 3.95. The first-order valence-electron chi connectivity index (χ1n) is 5.89. The molecule has 0 spiro atoms. The molecule has 0 aliphatic rings. The van der Waals surface area contributed by atoms with Gasteiger partial charge in [0.05, 0.1) is 25.7 Å². The van der Waals surface area contributed by atoms with E-state index < -0.39 is 0 Å². The fraction of sp³-hybridized carbons (Fsp3) is 0.286. The Kier molecular flexibility index (Phi) is 5.27. The molecule has 96 valence electrons. The summed E-state index contributed by atoms with van der Waals surface area (Å²) in [5.41, 5.74) is 2.16. The Hall–Kier alpha value is -1.29. The number of hydrogen-bond acceptors (Lipinski definition) is 3. The highest BCUT2D eigenvalue weighted by molar-refractivity contribution is 6.31. The number of benzene rings is 1. The van der Waals surface area contributed by atoms with Gasteiger partial charge in [0.1, 0.15) is 0 Å². The van der Waals surface area contributed by atoms with E-state index in [9.17, 15) is 0 Å². The molecule has 0 amide bonds. The van der Waals surface area contributed by atoms with Crippen molar-refractivity contribution in [3.8, 4) is 0 Å². The summed E-state index contributed by atoms with van der Waals surface area (Å²) < 4.78 is 10.5. The summed E-state index contributed by atoms with van der Waals surface area (Å²) in [6.07, 6.45) is 3.41. The van der Waals surface area contributed by atoms with Crippen molar-refractivity contribution in [2.24, 2.45) is 0 Å². The number of nitrogens with one attached hydrogen (secondary N) is 1. The summed E-state index contributed by atoms with van der Waals surface area (Å²) >= 11 is 6.03. The minimum absolute atomic E-state index is 0.549. The van der Waals surface area contributed by atoms with Crippen molar-refractivity contribution >= 4 is 11.6 Å². The monoisotopic (exact) mass is 265 g/mol. The van der Waals surface area contributed by atoms with Crippen LogP contribution in [0.15, 0.2) is 47.3 Å². The maximum atomic E-state index is 6.03. The second-order valence-corrected chi connectivity index (χ2v) is 4.36. The van der Waals surface area contributed by atoms with E-state index >= 15 is 0 Å². The van der Waals surface area contributed by atoms with E-state index in [-0.39, 0.29) is 0 Å². The molecule has 0 aliphatic heterocycles. The molecule has 0 aliphatic carbocycles. The Morgan fingerprint density at radius 1 is 1.22 bits per heavy atom. The summed E-state index contributed by atoms with van der Waals surface area (Å²) in [6, 6.07) is 9.66. The lowest BCUT2D eigenvalue weighted by molar-refractivity contribution is 0.122. The van der Waals surface area contributed by atoms with Gasteiger partial charge in [0.2, 0.25) is 0 Å². The Labute approximate surface area is 112 Å². The largest absolute Gasteiger partial charge is 0.472 e. The van der Waals surface area contributed by atoms with Crippen LogP contribution < -0.4 is 5.32 Å². The lowest BCUT2D eigenvalue weighted by Crippen LogP contribution is -2.18. The van der Waals surface area contributed by atoms with Crippen LogP contribution in [0.25, 0.3) is 0 Å². The normalized spacial score (nSPS) is 10.7. The molecule has 0 radical (unpaired) electrons. The highest BCUT2D eigenvalue weighted by Crippen LogP contribution is 2.15. The van der Waals surface area contributed by atoms with Crippen LogP contribution in [0.3, 0.4) is 0 Å². The second kappa shape index (κ2) is 7.21. The third-order valence-corrected chi connectivity index (χ3v) is 2.92. The summed E-state index contributed by atoms with van der Waals surface area (Å²) in [4.78, 5) is 0. The lowest BCUT2D eigenvalue weighted by Gasteiger charge is -2.06. The molecule has 0 unspecified atom stereocenters. The predicted molar refractivity (Wildman–Crippen MR) is 71.5 cm³/mol. The minimum atomic E-state index is 0.549. The van der Waals surface area contributed by atoms with Crippen molar-refractivity contribution in [3.05, 3.63) is 59.0 Å². The molecule has 0 atom stereocenters. The van der Waals surface area contributed by atoms with Gasteiger partial charge in [-0.3, -0.25) is 0 Å². The minimum Gasteiger partial charge on any atom is -0.472 e. The summed E-state index contributed by atoms with van der Waals surface area (Å²) in [5.74, 6) is 0. The highest BCUT2D eigenvalue weighted by Gasteiger charge is 1.98. The Balaban J connectivity index is 1.58. The van der Waals surface area contributed by atoms with Gasteiger partial charge in [0.15, 0.2) is 0 Å². The highest BCUT2D eigenvalue weighted by atomic mass is 35.5. The molecule has 0 saturated carbocycles. The average molecular weight is 266 g/mol. The number of furan rings is 1. The van der Waals surface area contributed by atoms with Crippen LogP contribution in [0, 0.1) is 0 Å². The summed E-state index contributed by atoms with van der Waals surface area (Å²) in [5, 5.41) is 4.02. The molecular formula is C14H16ClNO2. The molecule has 3 nitrogen and oxygen atoms in total. The van der Waals surface area contributed by atoms with Gasteiger partial charge in [-0.2, -0.15) is 0 Å². The van der Waals surface area contributed by atoms with Gasteiger partial charge in [-0.05, 0) is 17.7 Å². The maximum Gasteiger partial charge on any atom is 0.0947 e. The van der Waals surface area contributed by atoms with Crippen molar-refractivity contribution in [3.63, 3.8) is 0 Å². The quantitative estimate of drug-likeness (QED) is 0.781. The number of rotatable bonds is 7. The molecule has 4 heteroatoms. The zero-order chi connectivity index (χ0) is 12.6. The fourth-order valence-electron chi connectivity index (χ4n) is 1.57. The first kappa shape index (κ1) is 13.1. The van der Waals surface area contributed by atoms with Gasteiger partial charge in [0, 0.05) is 23.7 Å². The van der Waals surface area contributed by atoms with E-state index in [1.807, 2.05) is 30.3 Å². The van der Waals surface area contributed by atoms with E-state index in [0.29, 0.717) is 13.2 Å². The molecule has 18 heavy (non-hydrogen) atoms. The topological polar surface area (TPSA) is 34.4 Å². The standard InChI is InChI=1S/C14H16ClNO2/c15-14-4-2-1-3-13(14)11-18-8-6-16-9-12-5-7-17-10-12/h1-5,7,10,16H,6,8-9,11H2. The molecule has 1 aromatic carbocycles. The summed E-state index contributed by atoms with van der Waals surface area (Å²) in [7, 11) is 0. The SMILES string of the molecule is Clc1ccccc1COCCNCc1ccoc1. The maximum absolute atomic E-state index is 6.03. The smallest absolute Gasteiger partial charge is 0.0947 e. The van der Waals surface area contributed by atoms with E-state index in [0.717, 1.165) is 29.2 Å². The van der Waals surface area contributed by atoms with E-state index in [2.05, 4.69) is 5.32 Å². The zero-order valence-electron chi connectivity index (χ0n) is 10.1. The zero-order valence-corrected chi connectivity index (χ0v) is 10.8. The van der Waals surface area contributed by atoms with Crippen LogP contribution in [0.1, 0.15) is 11.1 Å².